The first-order chi connectivity index (χ1) is 8.63. The SMILES string of the molecule is O=C(O)Cc1csc(SCc2cccc(Br)c2)n1. The van der Waals surface area contributed by atoms with Crippen LogP contribution in [-0.2, 0) is 17.0 Å². The number of carbonyl (C=O) groups is 1. The van der Waals surface area contributed by atoms with Crippen molar-refractivity contribution in [2.24, 2.45) is 0 Å². The van der Waals surface area contributed by atoms with Crippen LogP contribution in [0.5, 0.6) is 0 Å². The van der Waals surface area contributed by atoms with E-state index in [1.54, 1.807) is 17.1 Å². The second-order valence-electron chi connectivity index (χ2n) is 3.59. The average Bonchev–Trinajstić information content (AvgIpc) is 2.73. The molecule has 2 rings (SSSR count). The quantitative estimate of drug-likeness (QED) is 0.838. The van der Waals surface area contributed by atoms with Crippen LogP contribution >= 0.6 is 39.0 Å². The average molecular weight is 344 g/mol. The van der Waals surface area contributed by atoms with Gasteiger partial charge in [-0.3, -0.25) is 4.79 Å². The van der Waals surface area contributed by atoms with E-state index < -0.39 is 5.97 Å². The molecule has 0 unspecified atom stereocenters. The van der Waals surface area contributed by atoms with Gasteiger partial charge in [0.05, 0.1) is 12.1 Å². The minimum absolute atomic E-state index is 0.00601. The number of aliphatic carboxylic acids is 1. The summed E-state index contributed by atoms with van der Waals surface area (Å²) in [5.41, 5.74) is 1.84. The van der Waals surface area contributed by atoms with Crippen molar-refractivity contribution in [1.82, 2.24) is 4.98 Å². The number of hydrogen-bond donors (Lipinski definition) is 1. The number of halogens is 1. The van der Waals surface area contributed by atoms with Crippen LogP contribution < -0.4 is 0 Å². The third kappa shape index (κ3) is 4.12. The molecule has 94 valence electrons. The fourth-order valence-electron chi connectivity index (χ4n) is 1.36. The highest BCUT2D eigenvalue weighted by Crippen LogP contribution is 2.27. The van der Waals surface area contributed by atoms with E-state index in [4.69, 9.17) is 5.11 Å². The number of hydrogen-bond acceptors (Lipinski definition) is 4. The molecule has 6 heteroatoms. The summed E-state index contributed by atoms with van der Waals surface area (Å²) in [6.07, 6.45) is -0.00601. The maximum atomic E-state index is 10.5. The Bertz CT molecular complexity index is 557. The normalized spacial score (nSPS) is 10.5. The number of thioether (sulfide) groups is 1. The molecule has 18 heavy (non-hydrogen) atoms. The number of aromatic nitrogens is 1. The van der Waals surface area contributed by atoms with Crippen LogP contribution in [0.25, 0.3) is 0 Å². The number of rotatable bonds is 5. The van der Waals surface area contributed by atoms with Crippen LogP contribution in [-0.4, -0.2) is 16.1 Å². The summed E-state index contributed by atoms with van der Waals surface area (Å²) in [4.78, 5) is 14.8. The van der Waals surface area contributed by atoms with Crippen molar-refractivity contribution >= 4 is 45.0 Å². The zero-order valence-corrected chi connectivity index (χ0v) is 12.5. The molecular formula is C12H10BrNO2S2. The summed E-state index contributed by atoms with van der Waals surface area (Å²) < 4.78 is 1.97. The zero-order valence-electron chi connectivity index (χ0n) is 9.30. The van der Waals surface area contributed by atoms with Crippen LogP contribution in [0.3, 0.4) is 0 Å². The molecule has 2 aromatic rings. The molecule has 3 nitrogen and oxygen atoms in total. The molecule has 1 aromatic heterocycles. The molecule has 0 saturated heterocycles. The minimum Gasteiger partial charge on any atom is -0.481 e. The first-order valence-electron chi connectivity index (χ1n) is 5.17. The van der Waals surface area contributed by atoms with Crippen molar-refractivity contribution in [3.05, 3.63) is 45.4 Å². The van der Waals surface area contributed by atoms with Crippen molar-refractivity contribution in [2.75, 3.05) is 0 Å². The fraction of sp³-hybridized carbons (Fsp3) is 0.167. The first-order valence-corrected chi connectivity index (χ1v) is 7.83. The van der Waals surface area contributed by atoms with Crippen LogP contribution in [0, 0.1) is 0 Å². The van der Waals surface area contributed by atoms with Crippen molar-refractivity contribution in [1.29, 1.82) is 0 Å². The number of benzene rings is 1. The monoisotopic (exact) mass is 343 g/mol. The molecule has 0 atom stereocenters. The second-order valence-corrected chi connectivity index (χ2v) is 6.59. The van der Waals surface area contributed by atoms with Crippen LogP contribution in [0.1, 0.15) is 11.3 Å². The Balaban J connectivity index is 1.94. The Kier molecular flexibility index (Phi) is 4.79. The van der Waals surface area contributed by atoms with Crippen LogP contribution in [0.15, 0.2) is 38.5 Å². The molecule has 0 bridgehead atoms. The van der Waals surface area contributed by atoms with E-state index in [-0.39, 0.29) is 6.42 Å². The summed E-state index contributed by atoms with van der Waals surface area (Å²) in [5.74, 6) is -0.0109. The smallest absolute Gasteiger partial charge is 0.309 e. The zero-order chi connectivity index (χ0) is 13.0. The van der Waals surface area contributed by atoms with Gasteiger partial charge in [0.15, 0.2) is 0 Å². The first kappa shape index (κ1) is 13.6. The molecule has 1 heterocycles. The summed E-state index contributed by atoms with van der Waals surface area (Å²) in [5, 5.41) is 10.5. The molecule has 0 spiro atoms. The van der Waals surface area contributed by atoms with Gasteiger partial charge < -0.3 is 5.11 Å². The summed E-state index contributed by atoms with van der Waals surface area (Å²) >= 11 is 6.55. The molecule has 1 N–H and O–H groups in total. The third-order valence-electron chi connectivity index (χ3n) is 2.11. The van der Waals surface area contributed by atoms with E-state index in [1.807, 2.05) is 12.1 Å². The Labute approximate surface area is 121 Å². The Hall–Kier alpha value is -0.850. The maximum Gasteiger partial charge on any atom is 0.309 e. The molecule has 0 fully saturated rings. The van der Waals surface area contributed by atoms with Crippen LogP contribution in [0.4, 0.5) is 0 Å². The Morgan fingerprint density at radius 2 is 2.33 bits per heavy atom. The highest BCUT2D eigenvalue weighted by atomic mass is 79.9. The predicted octanol–water partition coefficient (Wildman–Crippen LogP) is 3.83. The topological polar surface area (TPSA) is 50.2 Å². The lowest BCUT2D eigenvalue weighted by molar-refractivity contribution is -0.136. The number of nitrogens with zero attached hydrogens (tertiary/aromatic N) is 1. The molecule has 1 aromatic carbocycles. The van der Waals surface area contributed by atoms with Crippen LogP contribution in [0.2, 0.25) is 0 Å². The molecular weight excluding hydrogens is 334 g/mol. The molecule has 0 aliphatic rings. The van der Waals surface area contributed by atoms with Crippen molar-refractivity contribution in [3.8, 4) is 0 Å². The number of carboxylic acid groups (broad SMARTS) is 1. The van der Waals surface area contributed by atoms with Gasteiger partial charge in [-0.15, -0.1) is 11.3 Å². The highest BCUT2D eigenvalue weighted by molar-refractivity contribution is 9.10. The minimum atomic E-state index is -0.844. The van der Waals surface area contributed by atoms with Gasteiger partial charge in [0, 0.05) is 15.6 Å². The molecule has 0 saturated carbocycles. The van der Waals surface area contributed by atoms with E-state index in [0.717, 1.165) is 14.6 Å². The van der Waals surface area contributed by atoms with Crippen molar-refractivity contribution < 1.29 is 9.90 Å². The largest absolute Gasteiger partial charge is 0.481 e. The summed E-state index contributed by atoms with van der Waals surface area (Å²) in [6.45, 7) is 0. The lowest BCUT2D eigenvalue weighted by Crippen LogP contribution is -1.99. The van der Waals surface area contributed by atoms with Gasteiger partial charge in [0.1, 0.15) is 4.34 Å². The molecule has 0 aliphatic carbocycles. The second kappa shape index (κ2) is 6.36. The molecule has 0 amide bonds. The van der Waals surface area contributed by atoms with Crippen molar-refractivity contribution in [3.63, 3.8) is 0 Å². The van der Waals surface area contributed by atoms with Gasteiger partial charge in [0.2, 0.25) is 0 Å². The number of thiazole rings is 1. The maximum absolute atomic E-state index is 10.5. The van der Waals surface area contributed by atoms with Gasteiger partial charge in [-0.1, -0.05) is 39.8 Å². The Morgan fingerprint density at radius 3 is 3.06 bits per heavy atom. The standard InChI is InChI=1S/C12H10BrNO2S2/c13-9-3-1-2-8(4-9)6-17-12-14-10(7-18-12)5-11(15)16/h1-4,7H,5-6H2,(H,15,16). The van der Waals surface area contributed by atoms with E-state index in [2.05, 4.69) is 33.0 Å². The molecule has 0 aliphatic heterocycles. The predicted molar refractivity (Wildman–Crippen MR) is 77.2 cm³/mol. The van der Waals surface area contributed by atoms with E-state index >= 15 is 0 Å². The number of carboxylic acids is 1. The van der Waals surface area contributed by atoms with Gasteiger partial charge in [0.25, 0.3) is 0 Å². The van der Waals surface area contributed by atoms with Crippen molar-refractivity contribution in [2.45, 2.75) is 16.5 Å². The van der Waals surface area contributed by atoms with E-state index in [0.29, 0.717) is 5.69 Å². The van der Waals surface area contributed by atoms with Gasteiger partial charge in [-0.25, -0.2) is 4.98 Å². The lowest BCUT2D eigenvalue weighted by Gasteiger charge is -1.99. The van der Waals surface area contributed by atoms with Gasteiger partial charge in [-0.05, 0) is 17.7 Å². The summed E-state index contributed by atoms with van der Waals surface area (Å²) in [6, 6.07) is 8.11. The van der Waals surface area contributed by atoms with Gasteiger partial charge in [-0.2, -0.15) is 0 Å². The Morgan fingerprint density at radius 1 is 1.50 bits per heavy atom. The van der Waals surface area contributed by atoms with E-state index in [1.165, 1.54) is 16.9 Å². The summed E-state index contributed by atoms with van der Waals surface area (Å²) in [7, 11) is 0. The fourth-order valence-corrected chi connectivity index (χ4v) is 3.60. The van der Waals surface area contributed by atoms with E-state index in [9.17, 15) is 4.79 Å². The third-order valence-corrected chi connectivity index (χ3v) is 4.75. The highest BCUT2D eigenvalue weighted by Gasteiger charge is 2.06. The molecule has 0 radical (unpaired) electrons. The lowest BCUT2D eigenvalue weighted by atomic mass is 10.2. The van der Waals surface area contributed by atoms with Gasteiger partial charge >= 0.3 is 5.97 Å².